The van der Waals surface area contributed by atoms with Gasteiger partial charge < -0.3 is 5.32 Å². The Kier molecular flexibility index (Phi) is 2.91. The summed E-state index contributed by atoms with van der Waals surface area (Å²) < 4.78 is 13.1. The summed E-state index contributed by atoms with van der Waals surface area (Å²) in [5, 5.41) is 3.65. The minimum atomic E-state index is -0.103. The molecule has 1 aromatic carbocycles. The predicted molar refractivity (Wildman–Crippen MR) is 67.2 cm³/mol. The molecule has 2 bridgehead atoms. The van der Waals surface area contributed by atoms with E-state index in [-0.39, 0.29) is 5.82 Å². The van der Waals surface area contributed by atoms with E-state index in [1.165, 1.54) is 31.2 Å². The third-order valence-corrected chi connectivity index (χ3v) is 4.53. The maximum atomic E-state index is 13.1. The molecule has 0 amide bonds. The van der Waals surface area contributed by atoms with Gasteiger partial charge in [0.2, 0.25) is 0 Å². The van der Waals surface area contributed by atoms with Crippen LogP contribution >= 0.6 is 0 Å². The number of hydrogen-bond acceptors (Lipinski definition) is 1. The first-order valence-corrected chi connectivity index (χ1v) is 6.71. The first-order chi connectivity index (χ1) is 8.22. The molecule has 17 heavy (non-hydrogen) atoms. The van der Waals surface area contributed by atoms with Crippen molar-refractivity contribution in [1.29, 1.82) is 0 Å². The van der Waals surface area contributed by atoms with Gasteiger partial charge in [-0.3, -0.25) is 0 Å². The highest BCUT2D eigenvalue weighted by Gasteiger charge is 2.38. The van der Waals surface area contributed by atoms with Crippen LogP contribution in [-0.2, 0) is 6.54 Å². The lowest BCUT2D eigenvalue weighted by Crippen LogP contribution is -2.33. The summed E-state index contributed by atoms with van der Waals surface area (Å²) in [6.45, 7) is 2.71. The zero-order chi connectivity index (χ0) is 11.8. The van der Waals surface area contributed by atoms with Crippen LogP contribution < -0.4 is 5.32 Å². The van der Waals surface area contributed by atoms with Crippen LogP contribution in [0, 0.1) is 24.6 Å². The summed E-state index contributed by atoms with van der Waals surface area (Å²) in [6, 6.07) is 6.13. The van der Waals surface area contributed by atoms with Crippen molar-refractivity contribution in [3.8, 4) is 0 Å². The zero-order valence-electron chi connectivity index (χ0n) is 10.4. The summed E-state index contributed by atoms with van der Waals surface area (Å²) in [4.78, 5) is 0. The monoisotopic (exact) mass is 233 g/mol. The molecule has 3 atom stereocenters. The van der Waals surface area contributed by atoms with E-state index >= 15 is 0 Å². The molecular formula is C15H20FN. The van der Waals surface area contributed by atoms with Crippen LogP contribution in [0.25, 0.3) is 0 Å². The number of aryl methyl sites for hydroxylation is 1. The molecule has 2 fully saturated rings. The third-order valence-electron chi connectivity index (χ3n) is 4.53. The van der Waals surface area contributed by atoms with Gasteiger partial charge in [-0.05, 0) is 55.2 Å². The van der Waals surface area contributed by atoms with Crippen LogP contribution in [0.4, 0.5) is 4.39 Å². The summed E-state index contributed by atoms with van der Waals surface area (Å²) in [5.74, 6) is 1.78. The fraction of sp³-hybridized carbons (Fsp3) is 0.600. The smallest absolute Gasteiger partial charge is 0.126 e. The Balaban J connectivity index is 1.59. The van der Waals surface area contributed by atoms with E-state index in [9.17, 15) is 4.39 Å². The SMILES string of the molecule is Cc1cc(CNC2CC3CCC2C3)ccc1F. The highest BCUT2D eigenvalue weighted by Crippen LogP contribution is 2.44. The molecule has 92 valence electrons. The number of rotatable bonds is 3. The molecular weight excluding hydrogens is 213 g/mol. The average molecular weight is 233 g/mol. The lowest BCUT2D eigenvalue weighted by molar-refractivity contribution is 0.350. The Morgan fingerprint density at radius 1 is 1.29 bits per heavy atom. The zero-order valence-corrected chi connectivity index (χ0v) is 10.4. The maximum absolute atomic E-state index is 13.1. The van der Waals surface area contributed by atoms with Gasteiger partial charge in [0.25, 0.3) is 0 Å². The Bertz CT molecular complexity index is 415. The van der Waals surface area contributed by atoms with Gasteiger partial charge in [0.15, 0.2) is 0 Å². The van der Waals surface area contributed by atoms with E-state index in [0.717, 1.165) is 23.9 Å². The van der Waals surface area contributed by atoms with Crippen LogP contribution in [0.15, 0.2) is 18.2 Å². The number of benzene rings is 1. The fourth-order valence-electron chi connectivity index (χ4n) is 3.56. The second kappa shape index (κ2) is 4.41. The third kappa shape index (κ3) is 2.23. The molecule has 0 radical (unpaired) electrons. The normalized spacial score (nSPS) is 31.1. The van der Waals surface area contributed by atoms with Crippen molar-refractivity contribution in [3.63, 3.8) is 0 Å². The van der Waals surface area contributed by atoms with Crippen LogP contribution in [0.5, 0.6) is 0 Å². The number of hydrogen-bond donors (Lipinski definition) is 1. The van der Waals surface area contributed by atoms with E-state index in [0.29, 0.717) is 6.04 Å². The van der Waals surface area contributed by atoms with Gasteiger partial charge in [0, 0.05) is 12.6 Å². The molecule has 3 rings (SSSR count). The molecule has 0 aliphatic heterocycles. The number of fused-ring (bicyclic) bond motifs is 2. The summed E-state index contributed by atoms with van der Waals surface area (Å²) in [7, 11) is 0. The minimum absolute atomic E-state index is 0.103. The molecule has 1 N–H and O–H groups in total. The molecule has 0 saturated heterocycles. The molecule has 2 heteroatoms. The van der Waals surface area contributed by atoms with Gasteiger partial charge in [-0.1, -0.05) is 18.6 Å². The van der Waals surface area contributed by atoms with Gasteiger partial charge in [0.1, 0.15) is 5.82 Å². The topological polar surface area (TPSA) is 12.0 Å². The second-order valence-corrected chi connectivity index (χ2v) is 5.75. The van der Waals surface area contributed by atoms with Crippen LogP contribution in [-0.4, -0.2) is 6.04 Å². The van der Waals surface area contributed by atoms with Gasteiger partial charge >= 0.3 is 0 Å². The molecule has 0 spiro atoms. The fourth-order valence-corrected chi connectivity index (χ4v) is 3.56. The number of nitrogens with one attached hydrogen (secondary N) is 1. The standard InChI is InChI=1S/C15H20FN/c1-10-6-12(3-5-14(10)16)9-17-15-8-11-2-4-13(15)7-11/h3,5-6,11,13,15,17H,2,4,7-9H2,1H3. The summed E-state index contributed by atoms with van der Waals surface area (Å²) in [6.07, 6.45) is 5.63. The summed E-state index contributed by atoms with van der Waals surface area (Å²) >= 11 is 0. The summed E-state index contributed by atoms with van der Waals surface area (Å²) in [5.41, 5.74) is 1.95. The van der Waals surface area contributed by atoms with Gasteiger partial charge in [-0.25, -0.2) is 4.39 Å². The molecule has 2 aliphatic carbocycles. The Hall–Kier alpha value is -0.890. The van der Waals surface area contributed by atoms with Crippen LogP contribution in [0.2, 0.25) is 0 Å². The van der Waals surface area contributed by atoms with E-state index < -0.39 is 0 Å². The lowest BCUT2D eigenvalue weighted by atomic mass is 9.95. The van der Waals surface area contributed by atoms with Gasteiger partial charge in [-0.2, -0.15) is 0 Å². The van der Waals surface area contributed by atoms with Crippen molar-refractivity contribution in [3.05, 3.63) is 35.1 Å². The van der Waals surface area contributed by atoms with Crippen molar-refractivity contribution < 1.29 is 4.39 Å². The van der Waals surface area contributed by atoms with E-state index in [2.05, 4.69) is 5.32 Å². The second-order valence-electron chi connectivity index (χ2n) is 5.75. The minimum Gasteiger partial charge on any atom is -0.310 e. The highest BCUT2D eigenvalue weighted by atomic mass is 19.1. The van der Waals surface area contributed by atoms with E-state index in [4.69, 9.17) is 0 Å². The number of halogens is 1. The average Bonchev–Trinajstić information content (AvgIpc) is 2.92. The molecule has 0 heterocycles. The molecule has 2 saturated carbocycles. The highest BCUT2D eigenvalue weighted by molar-refractivity contribution is 5.23. The van der Waals surface area contributed by atoms with Crippen LogP contribution in [0.3, 0.4) is 0 Å². The van der Waals surface area contributed by atoms with E-state index in [1.54, 1.807) is 6.07 Å². The molecule has 2 aliphatic rings. The van der Waals surface area contributed by atoms with Crippen LogP contribution in [0.1, 0.15) is 36.8 Å². The van der Waals surface area contributed by atoms with E-state index in [1.807, 2.05) is 19.1 Å². The molecule has 1 nitrogen and oxygen atoms in total. The molecule has 3 unspecified atom stereocenters. The van der Waals surface area contributed by atoms with Crippen molar-refractivity contribution >= 4 is 0 Å². The Labute approximate surface area is 102 Å². The largest absolute Gasteiger partial charge is 0.310 e. The first-order valence-electron chi connectivity index (χ1n) is 6.71. The first kappa shape index (κ1) is 11.2. The van der Waals surface area contributed by atoms with Crippen molar-refractivity contribution in [2.24, 2.45) is 11.8 Å². The molecule has 1 aromatic rings. The van der Waals surface area contributed by atoms with Crippen molar-refractivity contribution in [1.82, 2.24) is 5.32 Å². The lowest BCUT2D eigenvalue weighted by Gasteiger charge is -2.23. The Morgan fingerprint density at radius 2 is 2.18 bits per heavy atom. The van der Waals surface area contributed by atoms with Gasteiger partial charge in [0.05, 0.1) is 0 Å². The Morgan fingerprint density at radius 3 is 2.82 bits per heavy atom. The molecule has 0 aromatic heterocycles. The van der Waals surface area contributed by atoms with Gasteiger partial charge in [-0.15, -0.1) is 0 Å². The van der Waals surface area contributed by atoms with Crippen molar-refractivity contribution in [2.75, 3.05) is 0 Å². The van der Waals surface area contributed by atoms with Crippen molar-refractivity contribution in [2.45, 2.75) is 45.2 Å². The maximum Gasteiger partial charge on any atom is 0.126 e. The predicted octanol–water partition coefficient (Wildman–Crippen LogP) is 3.41. The quantitative estimate of drug-likeness (QED) is 0.843.